The molecule has 0 aliphatic carbocycles. The van der Waals surface area contributed by atoms with Crippen LogP contribution in [0.1, 0.15) is 128 Å². The number of nitrogens with zero attached hydrogens (tertiary/aromatic N) is 7. The Morgan fingerprint density at radius 2 is 1.11 bits per heavy atom. The van der Waals surface area contributed by atoms with E-state index in [0.717, 1.165) is 102 Å². The number of benzene rings is 4. The van der Waals surface area contributed by atoms with Gasteiger partial charge in [0.15, 0.2) is 11.6 Å². The Balaban J connectivity index is 0.000000215. The zero-order valence-corrected chi connectivity index (χ0v) is 41.9. The number of carboxylic acid groups (broad SMARTS) is 1. The molecule has 4 N–H and O–H groups in total. The summed E-state index contributed by atoms with van der Waals surface area (Å²) < 4.78 is 10.1. The number of H-pyrrole nitrogens is 2. The molecule has 0 unspecified atom stereocenters. The molecule has 0 saturated carbocycles. The number of rotatable bonds is 14. The maximum atomic E-state index is 13.6. The lowest BCUT2D eigenvalue weighted by Gasteiger charge is -2.33. The number of methoxy groups -OCH3 is 2. The predicted molar refractivity (Wildman–Crippen MR) is 272 cm³/mol. The number of halogens is 1. The first kappa shape index (κ1) is 54.2. The number of aromatic nitrogens is 6. The number of piperidine rings is 2. The third-order valence-corrected chi connectivity index (χ3v) is 12.9. The molecule has 2 saturated heterocycles. The van der Waals surface area contributed by atoms with Gasteiger partial charge in [-0.1, -0.05) is 50.2 Å². The molecule has 8 rings (SSSR count). The van der Waals surface area contributed by atoms with Gasteiger partial charge in [-0.15, -0.1) is 12.4 Å². The van der Waals surface area contributed by atoms with Crippen LogP contribution in [0.3, 0.4) is 0 Å². The Morgan fingerprint density at radius 1 is 0.686 bits per heavy atom. The van der Waals surface area contributed by atoms with E-state index < -0.39 is 5.97 Å². The van der Waals surface area contributed by atoms with Gasteiger partial charge in [-0.05, 0) is 147 Å². The van der Waals surface area contributed by atoms with Gasteiger partial charge in [-0.2, -0.15) is 20.7 Å². The quantitative estimate of drug-likeness (QED) is 0.0804. The van der Waals surface area contributed by atoms with E-state index >= 15 is 0 Å². The molecule has 0 spiro atoms. The van der Waals surface area contributed by atoms with Crippen molar-refractivity contribution in [2.45, 2.75) is 90.9 Å². The molecule has 0 bridgehead atoms. The maximum Gasteiger partial charge on any atom is 0.335 e. The zero-order chi connectivity index (χ0) is 49.3. The van der Waals surface area contributed by atoms with Crippen LogP contribution in [-0.2, 0) is 35.2 Å². The first-order valence-corrected chi connectivity index (χ1v) is 23.8. The predicted octanol–water partition coefficient (Wildman–Crippen LogP) is 9.10. The van der Waals surface area contributed by atoms with Crippen LogP contribution in [0.15, 0.2) is 72.8 Å². The van der Waals surface area contributed by atoms with Crippen molar-refractivity contribution in [3.63, 3.8) is 0 Å². The first-order valence-electron chi connectivity index (χ1n) is 23.8. The van der Waals surface area contributed by atoms with E-state index in [1.165, 1.54) is 24.0 Å². The molecule has 368 valence electrons. The summed E-state index contributed by atoms with van der Waals surface area (Å²) in [4.78, 5) is 35.9. The number of aromatic amines is 2. The Kier molecular flexibility index (Phi) is 20.8. The molecule has 0 atom stereocenters. The molecule has 4 heterocycles. The molecule has 2 fully saturated rings. The van der Waals surface area contributed by atoms with Crippen LogP contribution in [0, 0.1) is 36.5 Å². The molecule has 2 aliphatic rings. The van der Waals surface area contributed by atoms with Gasteiger partial charge >= 0.3 is 5.97 Å². The monoisotopic (exact) mass is 968 g/mol. The van der Waals surface area contributed by atoms with Gasteiger partial charge < -0.3 is 24.8 Å². The number of carbonyl (C=O) groups excluding carboxylic acids is 1. The van der Waals surface area contributed by atoms with E-state index in [1.54, 1.807) is 20.3 Å². The second kappa shape index (κ2) is 26.9. The molecule has 16 heteroatoms. The summed E-state index contributed by atoms with van der Waals surface area (Å²) in [5, 5.41) is 44.8. The number of aryl methyl sites for hydroxylation is 4. The number of ether oxygens (including phenoxy) is 2. The van der Waals surface area contributed by atoms with Crippen molar-refractivity contribution in [3.8, 4) is 34.9 Å². The minimum atomic E-state index is -0.928. The minimum absolute atomic E-state index is 0. The molecule has 1 amide bonds. The van der Waals surface area contributed by atoms with Crippen LogP contribution < -0.4 is 5.32 Å². The second-order valence-corrected chi connectivity index (χ2v) is 17.4. The molecule has 0 radical (unpaired) electrons. The van der Waals surface area contributed by atoms with E-state index in [1.807, 2.05) is 74.2 Å². The Hall–Kier alpha value is -6.75. The van der Waals surface area contributed by atoms with Crippen LogP contribution >= 0.6 is 12.4 Å². The minimum Gasteiger partial charge on any atom is -0.478 e. The average Bonchev–Trinajstić information content (AvgIpc) is 4.08. The van der Waals surface area contributed by atoms with Crippen LogP contribution in [0.2, 0.25) is 0 Å². The van der Waals surface area contributed by atoms with E-state index in [4.69, 9.17) is 20.0 Å². The fourth-order valence-corrected chi connectivity index (χ4v) is 8.85. The van der Waals surface area contributed by atoms with Gasteiger partial charge in [0.1, 0.15) is 11.6 Å². The summed E-state index contributed by atoms with van der Waals surface area (Å²) in [5.74, 6) is 2.87. The molecule has 4 aromatic carbocycles. The molecule has 2 aromatic heterocycles. The molecule has 70 heavy (non-hydrogen) atoms. The van der Waals surface area contributed by atoms with Gasteiger partial charge in [-0.25, -0.2) is 14.8 Å². The zero-order valence-electron chi connectivity index (χ0n) is 41.1. The van der Waals surface area contributed by atoms with Crippen molar-refractivity contribution in [1.29, 1.82) is 10.5 Å². The second-order valence-electron chi connectivity index (χ2n) is 17.4. The van der Waals surface area contributed by atoms with E-state index in [0.29, 0.717) is 67.1 Å². The van der Waals surface area contributed by atoms with E-state index in [-0.39, 0.29) is 18.3 Å². The Labute approximate surface area is 417 Å². The van der Waals surface area contributed by atoms with Gasteiger partial charge in [0.25, 0.3) is 5.91 Å². The normalized spacial score (nSPS) is 13.7. The Bertz CT molecular complexity index is 2730. The van der Waals surface area contributed by atoms with E-state index in [9.17, 15) is 14.7 Å². The van der Waals surface area contributed by atoms with Crippen LogP contribution in [-0.4, -0.2) is 106 Å². The summed E-state index contributed by atoms with van der Waals surface area (Å²) in [6, 6.07) is 27.8. The summed E-state index contributed by atoms with van der Waals surface area (Å²) in [6.45, 7) is 12.8. The van der Waals surface area contributed by atoms with Crippen molar-refractivity contribution in [2.24, 2.45) is 0 Å². The smallest absolute Gasteiger partial charge is 0.335 e. The summed E-state index contributed by atoms with van der Waals surface area (Å²) >= 11 is 0. The molecular formula is C54H65ClN10O5. The van der Waals surface area contributed by atoms with Gasteiger partial charge in [-0.3, -0.25) is 15.0 Å². The lowest BCUT2D eigenvalue weighted by molar-refractivity contribution is 0.0691. The van der Waals surface area contributed by atoms with Crippen molar-refractivity contribution in [2.75, 3.05) is 53.6 Å². The Morgan fingerprint density at radius 3 is 1.53 bits per heavy atom. The molecule has 6 aromatic rings. The summed E-state index contributed by atoms with van der Waals surface area (Å²) in [5.41, 5.74) is 10.6. The highest BCUT2D eigenvalue weighted by molar-refractivity contribution is 5.97. The third-order valence-electron chi connectivity index (χ3n) is 12.9. The summed E-state index contributed by atoms with van der Waals surface area (Å²) in [7, 11) is 3.29. The standard InChI is InChI=1S/C27H31N5O2.C15H19N3O3.C12H14N2.ClH/c1-4-20-15-18(2)23(26-29-25(30-31-26)11-14-34-3)16-24(20)27(33)32-12-9-22(10-13-32)21-7-5-19(17-28)6-8-21;1-4-10-7-9(2)11(8-12(10)15(19)20)14-16-13(17-18-14)5-6-21-3;13-9-10-1-3-11(4-2-10)12-5-7-14-8-6-12;/h5-8,15-16,22H,4,9-14H2,1-3H3,(H,29,30,31);7-8H,4-6H2,1-3H3,(H,19,20)(H,16,17,18);1-4,12,14H,5-8H2;1H. The van der Waals surface area contributed by atoms with Crippen LogP contribution in [0.5, 0.6) is 0 Å². The number of aromatic carboxylic acids is 1. The van der Waals surface area contributed by atoms with Crippen molar-refractivity contribution < 1.29 is 24.2 Å². The largest absolute Gasteiger partial charge is 0.478 e. The lowest BCUT2D eigenvalue weighted by atomic mass is 9.88. The fourth-order valence-electron chi connectivity index (χ4n) is 8.85. The highest BCUT2D eigenvalue weighted by Crippen LogP contribution is 2.32. The summed E-state index contributed by atoms with van der Waals surface area (Å²) in [6.07, 6.45) is 7.03. The van der Waals surface area contributed by atoms with Crippen molar-refractivity contribution >= 4 is 24.3 Å². The molecule has 2 aliphatic heterocycles. The van der Waals surface area contributed by atoms with Crippen molar-refractivity contribution in [3.05, 3.63) is 140 Å². The van der Waals surface area contributed by atoms with Crippen LogP contribution in [0.25, 0.3) is 22.8 Å². The average molecular weight is 970 g/mol. The van der Waals surface area contributed by atoms with Crippen molar-refractivity contribution in [1.82, 2.24) is 40.6 Å². The number of carboxylic acids is 1. The molecule has 15 nitrogen and oxygen atoms in total. The highest BCUT2D eigenvalue weighted by atomic mass is 35.5. The van der Waals surface area contributed by atoms with Gasteiger partial charge in [0.2, 0.25) is 0 Å². The van der Waals surface area contributed by atoms with Crippen LogP contribution in [0.4, 0.5) is 0 Å². The SMILES string of the molecule is CCc1cc(C)c(-c2n[nH]c(CCOC)n2)cc1C(=O)N1CCC(c2ccc(C#N)cc2)CC1.CCc1cc(C)c(-c2n[nH]c(CCOC)n2)cc1C(=O)O.Cl.N#Cc1ccc(C2CCNCC2)cc1. The molecular weight excluding hydrogens is 904 g/mol. The van der Waals surface area contributed by atoms with Gasteiger partial charge in [0.05, 0.1) is 42.0 Å². The highest BCUT2D eigenvalue weighted by Gasteiger charge is 2.27. The lowest BCUT2D eigenvalue weighted by Crippen LogP contribution is -2.38. The number of nitriles is 2. The third kappa shape index (κ3) is 14.2. The number of nitrogens with one attached hydrogen (secondary N) is 3. The number of likely N-dealkylation sites (tertiary alicyclic amines) is 1. The number of carbonyl (C=O) groups is 2. The number of hydrogen-bond donors (Lipinski definition) is 4. The fraction of sp³-hybridized carbons (Fsp3) is 0.407. The number of hydrogen-bond acceptors (Lipinski definition) is 11. The maximum absolute atomic E-state index is 13.6. The van der Waals surface area contributed by atoms with E-state index in [2.05, 4.69) is 72.9 Å². The van der Waals surface area contributed by atoms with Gasteiger partial charge in [0, 0.05) is 56.8 Å². The number of amides is 1. The topological polar surface area (TPSA) is 219 Å². The first-order chi connectivity index (χ1) is 33.5.